The Bertz CT molecular complexity index is 773. The first kappa shape index (κ1) is 20.1. The molecule has 1 amide bonds. The molecule has 8 heteroatoms. The van der Waals surface area contributed by atoms with Gasteiger partial charge in [0.15, 0.2) is 0 Å². The summed E-state index contributed by atoms with van der Waals surface area (Å²) < 4.78 is 30.9. The third kappa shape index (κ3) is 4.80. The molecule has 2 aliphatic rings. The average molecular weight is 396 g/mol. The van der Waals surface area contributed by atoms with Gasteiger partial charge >= 0.3 is 0 Å². The molecule has 1 unspecified atom stereocenters. The third-order valence-electron chi connectivity index (χ3n) is 5.32. The minimum Gasteiger partial charge on any atom is -0.491 e. The van der Waals surface area contributed by atoms with Crippen LogP contribution in [0.5, 0.6) is 5.75 Å². The lowest BCUT2D eigenvalue weighted by molar-refractivity contribution is -0.140. The highest BCUT2D eigenvalue weighted by atomic mass is 32.2. The van der Waals surface area contributed by atoms with Gasteiger partial charge in [0, 0.05) is 37.7 Å². The number of hydrogen-bond donors (Lipinski definition) is 0. The molecular weight excluding hydrogens is 366 g/mol. The first-order valence-corrected chi connectivity index (χ1v) is 11.2. The number of nitrogens with zero attached hydrogens (tertiary/aromatic N) is 3. The van der Waals surface area contributed by atoms with Crippen molar-refractivity contribution in [3.63, 3.8) is 0 Å². The summed E-state index contributed by atoms with van der Waals surface area (Å²) >= 11 is 0. The molecule has 2 heterocycles. The van der Waals surface area contributed by atoms with Crippen molar-refractivity contribution in [2.45, 2.75) is 25.4 Å². The van der Waals surface area contributed by atoms with Gasteiger partial charge in [-0.15, -0.1) is 0 Å². The fraction of sp³-hybridized carbons (Fsp3) is 0.632. The van der Waals surface area contributed by atoms with E-state index in [2.05, 4.69) is 4.90 Å². The van der Waals surface area contributed by atoms with E-state index in [0.29, 0.717) is 39.1 Å². The topological polar surface area (TPSA) is 70.2 Å². The molecule has 0 aromatic heterocycles. The lowest BCUT2D eigenvalue weighted by Gasteiger charge is -2.36. The number of likely N-dealkylation sites (N-methyl/N-ethyl adjacent to an activating group) is 1. The lowest BCUT2D eigenvalue weighted by atomic mass is 9.95. The molecule has 1 saturated heterocycles. The van der Waals surface area contributed by atoms with Gasteiger partial charge < -0.3 is 14.5 Å². The zero-order valence-corrected chi connectivity index (χ0v) is 17.1. The zero-order valence-electron chi connectivity index (χ0n) is 16.3. The second-order valence-electron chi connectivity index (χ2n) is 7.74. The SMILES string of the molecule is CN(C)CC1COc2ccccc2CN1C(=O)C1CCN(S(C)(=O)=O)CC1. The molecule has 0 aliphatic carbocycles. The lowest BCUT2D eigenvalue weighted by Crippen LogP contribution is -2.51. The van der Waals surface area contributed by atoms with E-state index in [1.54, 1.807) is 0 Å². The number of benzene rings is 1. The summed E-state index contributed by atoms with van der Waals surface area (Å²) in [6.07, 6.45) is 2.37. The normalized spacial score (nSPS) is 22.2. The van der Waals surface area contributed by atoms with Crippen molar-refractivity contribution >= 4 is 15.9 Å². The molecule has 2 aliphatic heterocycles. The molecular formula is C19H29N3O4S. The number of ether oxygens (including phenoxy) is 1. The number of amides is 1. The van der Waals surface area contributed by atoms with Gasteiger partial charge in [-0.1, -0.05) is 18.2 Å². The Morgan fingerprint density at radius 2 is 1.89 bits per heavy atom. The minimum atomic E-state index is -3.19. The van der Waals surface area contributed by atoms with Crippen LogP contribution < -0.4 is 4.74 Å². The second kappa shape index (κ2) is 8.16. The quantitative estimate of drug-likeness (QED) is 0.761. The van der Waals surface area contributed by atoms with Crippen molar-refractivity contribution in [2.75, 3.05) is 46.6 Å². The summed E-state index contributed by atoms with van der Waals surface area (Å²) in [4.78, 5) is 17.4. The van der Waals surface area contributed by atoms with E-state index < -0.39 is 10.0 Å². The predicted molar refractivity (Wildman–Crippen MR) is 104 cm³/mol. The van der Waals surface area contributed by atoms with Crippen LogP contribution in [0.15, 0.2) is 24.3 Å². The minimum absolute atomic E-state index is 0.0344. The van der Waals surface area contributed by atoms with Crippen LogP contribution in [-0.4, -0.2) is 81.1 Å². The Labute approximate surface area is 161 Å². The van der Waals surface area contributed by atoms with Crippen LogP contribution in [0.1, 0.15) is 18.4 Å². The summed E-state index contributed by atoms with van der Waals surface area (Å²) in [6.45, 7) is 2.54. The number of carbonyl (C=O) groups is 1. The van der Waals surface area contributed by atoms with Gasteiger partial charge in [-0.2, -0.15) is 0 Å². The van der Waals surface area contributed by atoms with Crippen LogP contribution in [0.25, 0.3) is 0 Å². The molecule has 1 atom stereocenters. The highest BCUT2D eigenvalue weighted by molar-refractivity contribution is 7.88. The van der Waals surface area contributed by atoms with Crippen molar-refractivity contribution in [3.05, 3.63) is 29.8 Å². The Morgan fingerprint density at radius 3 is 2.52 bits per heavy atom. The van der Waals surface area contributed by atoms with E-state index in [9.17, 15) is 13.2 Å². The summed E-state index contributed by atoms with van der Waals surface area (Å²) in [7, 11) is 0.792. The predicted octanol–water partition coefficient (Wildman–Crippen LogP) is 1.01. The van der Waals surface area contributed by atoms with Crippen molar-refractivity contribution in [1.29, 1.82) is 0 Å². The van der Waals surface area contributed by atoms with Crippen LogP contribution in [-0.2, 0) is 21.4 Å². The Balaban J connectivity index is 1.77. The highest BCUT2D eigenvalue weighted by Crippen LogP contribution is 2.28. The Hall–Kier alpha value is -1.64. The number of fused-ring (bicyclic) bond motifs is 1. The van der Waals surface area contributed by atoms with E-state index in [4.69, 9.17) is 4.74 Å². The van der Waals surface area contributed by atoms with Gasteiger partial charge in [-0.25, -0.2) is 12.7 Å². The molecule has 0 saturated carbocycles. The molecule has 150 valence electrons. The van der Waals surface area contributed by atoms with Crippen molar-refractivity contribution in [3.8, 4) is 5.75 Å². The number of para-hydroxylation sites is 1. The maximum atomic E-state index is 13.3. The summed E-state index contributed by atoms with van der Waals surface area (Å²) in [5, 5.41) is 0. The maximum absolute atomic E-state index is 13.3. The summed E-state index contributed by atoms with van der Waals surface area (Å²) in [5.41, 5.74) is 1.01. The van der Waals surface area contributed by atoms with Crippen molar-refractivity contribution in [2.24, 2.45) is 5.92 Å². The maximum Gasteiger partial charge on any atom is 0.226 e. The molecule has 1 aromatic rings. The summed E-state index contributed by atoms with van der Waals surface area (Å²) in [5.74, 6) is 0.802. The van der Waals surface area contributed by atoms with Gasteiger partial charge in [0.1, 0.15) is 12.4 Å². The van der Waals surface area contributed by atoms with E-state index in [1.165, 1.54) is 10.6 Å². The molecule has 7 nitrogen and oxygen atoms in total. The van der Waals surface area contributed by atoms with Gasteiger partial charge in [-0.05, 0) is 33.0 Å². The van der Waals surface area contributed by atoms with Gasteiger partial charge in [-0.3, -0.25) is 4.79 Å². The van der Waals surface area contributed by atoms with Crippen LogP contribution in [0.4, 0.5) is 0 Å². The second-order valence-corrected chi connectivity index (χ2v) is 9.72. The Kier molecular flexibility index (Phi) is 6.08. The van der Waals surface area contributed by atoms with E-state index in [1.807, 2.05) is 43.3 Å². The molecule has 3 rings (SSSR count). The van der Waals surface area contributed by atoms with Gasteiger partial charge in [0.2, 0.25) is 15.9 Å². The molecule has 1 aromatic carbocycles. The summed E-state index contributed by atoms with van der Waals surface area (Å²) in [6, 6.07) is 7.81. The van der Waals surface area contributed by atoms with Gasteiger partial charge in [0.05, 0.1) is 12.3 Å². The number of hydrogen-bond acceptors (Lipinski definition) is 5. The van der Waals surface area contributed by atoms with Crippen molar-refractivity contribution in [1.82, 2.24) is 14.1 Å². The number of piperidine rings is 1. The van der Waals surface area contributed by atoms with Gasteiger partial charge in [0.25, 0.3) is 0 Å². The van der Waals surface area contributed by atoms with Crippen LogP contribution in [0.3, 0.4) is 0 Å². The number of sulfonamides is 1. The van der Waals surface area contributed by atoms with Crippen LogP contribution in [0.2, 0.25) is 0 Å². The molecule has 0 N–H and O–H groups in total. The average Bonchev–Trinajstić information content (AvgIpc) is 2.80. The van der Waals surface area contributed by atoms with Crippen molar-refractivity contribution < 1.29 is 17.9 Å². The fourth-order valence-corrected chi connectivity index (χ4v) is 4.74. The monoisotopic (exact) mass is 395 g/mol. The molecule has 0 radical (unpaired) electrons. The molecule has 1 fully saturated rings. The van der Waals surface area contributed by atoms with Crippen LogP contribution >= 0.6 is 0 Å². The largest absolute Gasteiger partial charge is 0.491 e. The highest BCUT2D eigenvalue weighted by Gasteiger charge is 2.36. The van der Waals surface area contributed by atoms with E-state index in [0.717, 1.165) is 17.9 Å². The zero-order chi connectivity index (χ0) is 19.6. The molecule has 0 spiro atoms. The smallest absolute Gasteiger partial charge is 0.226 e. The first-order valence-electron chi connectivity index (χ1n) is 9.36. The van der Waals surface area contributed by atoms with E-state index >= 15 is 0 Å². The molecule has 0 bridgehead atoms. The standard InChI is InChI=1S/C19H29N3O4S/c1-20(2)13-17-14-26-18-7-5-4-6-16(18)12-22(17)19(23)15-8-10-21(11-9-15)27(3,24)25/h4-7,15,17H,8-14H2,1-3H3. The van der Waals surface area contributed by atoms with E-state index in [-0.39, 0.29) is 17.9 Å². The number of carbonyl (C=O) groups excluding carboxylic acids is 1. The third-order valence-corrected chi connectivity index (χ3v) is 6.62. The Morgan fingerprint density at radius 1 is 1.22 bits per heavy atom. The first-order chi connectivity index (χ1) is 12.8. The number of rotatable bonds is 4. The molecule has 27 heavy (non-hydrogen) atoms. The fourth-order valence-electron chi connectivity index (χ4n) is 3.86. The van der Waals surface area contributed by atoms with Crippen LogP contribution in [0, 0.1) is 5.92 Å².